The van der Waals surface area contributed by atoms with E-state index < -0.39 is 0 Å². The standard InChI is InChI=1S/C22H29N5O.HI/c1-3-8-19(9-4-1)25-22(27-12-5-2-6-13-27)23-18-20-10-7-11-21(24-20)26-14-16-28-17-15-26;/h1,3-4,7-11H,2,5-6,12-18H2,(H,23,25);1H. The quantitative estimate of drug-likeness (QED) is 0.386. The van der Waals surface area contributed by atoms with Gasteiger partial charge in [-0.05, 0) is 43.5 Å². The van der Waals surface area contributed by atoms with E-state index in [-0.39, 0.29) is 24.0 Å². The van der Waals surface area contributed by atoms with Crippen LogP contribution in [0, 0.1) is 0 Å². The number of rotatable bonds is 4. The van der Waals surface area contributed by atoms with Gasteiger partial charge in [0.1, 0.15) is 5.82 Å². The molecule has 0 amide bonds. The summed E-state index contributed by atoms with van der Waals surface area (Å²) in [6.45, 7) is 6.01. The number of aromatic nitrogens is 1. The zero-order chi connectivity index (χ0) is 19.0. The van der Waals surface area contributed by atoms with E-state index in [0.29, 0.717) is 6.54 Å². The molecule has 4 rings (SSSR count). The number of pyridine rings is 1. The maximum absolute atomic E-state index is 5.45. The van der Waals surface area contributed by atoms with Crippen molar-refractivity contribution in [2.75, 3.05) is 49.6 Å². The highest BCUT2D eigenvalue weighted by Crippen LogP contribution is 2.16. The molecule has 3 heterocycles. The Kier molecular flexibility index (Phi) is 8.54. The number of hydrogen-bond acceptors (Lipinski definition) is 4. The molecule has 0 saturated carbocycles. The van der Waals surface area contributed by atoms with Gasteiger partial charge in [-0.25, -0.2) is 9.98 Å². The molecule has 0 spiro atoms. The Hall–Kier alpha value is -1.87. The van der Waals surface area contributed by atoms with Crippen molar-refractivity contribution in [1.29, 1.82) is 0 Å². The van der Waals surface area contributed by atoms with E-state index in [1.54, 1.807) is 0 Å². The molecule has 1 N–H and O–H groups in total. The number of para-hydroxylation sites is 1. The van der Waals surface area contributed by atoms with Crippen molar-refractivity contribution < 1.29 is 4.74 Å². The predicted molar refractivity (Wildman–Crippen MR) is 129 cm³/mol. The van der Waals surface area contributed by atoms with Gasteiger partial charge in [-0.2, -0.15) is 0 Å². The lowest BCUT2D eigenvalue weighted by Gasteiger charge is -2.30. The number of nitrogens with one attached hydrogen (secondary N) is 1. The molecule has 2 aromatic rings. The minimum Gasteiger partial charge on any atom is -0.378 e. The lowest BCUT2D eigenvalue weighted by Crippen LogP contribution is -2.40. The first-order valence-corrected chi connectivity index (χ1v) is 10.3. The number of morpholine rings is 1. The Labute approximate surface area is 190 Å². The van der Waals surface area contributed by atoms with Gasteiger partial charge in [0.25, 0.3) is 0 Å². The number of nitrogens with zero attached hydrogens (tertiary/aromatic N) is 4. The fourth-order valence-corrected chi connectivity index (χ4v) is 3.65. The number of guanidine groups is 1. The van der Waals surface area contributed by atoms with Gasteiger partial charge in [0, 0.05) is 31.9 Å². The molecule has 0 atom stereocenters. The number of piperidine rings is 1. The lowest BCUT2D eigenvalue weighted by atomic mass is 10.1. The molecule has 2 saturated heterocycles. The summed E-state index contributed by atoms with van der Waals surface area (Å²) in [5.74, 6) is 1.97. The van der Waals surface area contributed by atoms with Crippen molar-refractivity contribution in [2.24, 2.45) is 4.99 Å². The lowest BCUT2D eigenvalue weighted by molar-refractivity contribution is 0.122. The summed E-state index contributed by atoms with van der Waals surface area (Å²) < 4.78 is 5.45. The van der Waals surface area contributed by atoms with E-state index in [1.165, 1.54) is 19.3 Å². The predicted octanol–water partition coefficient (Wildman–Crippen LogP) is 3.99. The van der Waals surface area contributed by atoms with Gasteiger partial charge in [0.2, 0.25) is 0 Å². The second-order valence-electron chi connectivity index (χ2n) is 7.27. The maximum Gasteiger partial charge on any atom is 0.198 e. The molecule has 2 aliphatic heterocycles. The Balaban J connectivity index is 0.00000240. The number of ether oxygens (including phenoxy) is 1. The fraction of sp³-hybridized carbons (Fsp3) is 0.455. The molecule has 1 aromatic heterocycles. The van der Waals surface area contributed by atoms with Gasteiger partial charge >= 0.3 is 0 Å². The molecule has 2 fully saturated rings. The number of likely N-dealkylation sites (tertiary alicyclic amines) is 1. The smallest absolute Gasteiger partial charge is 0.198 e. The van der Waals surface area contributed by atoms with E-state index in [2.05, 4.69) is 45.4 Å². The second kappa shape index (κ2) is 11.3. The molecule has 6 nitrogen and oxygen atoms in total. The molecular weight excluding hydrogens is 477 g/mol. The van der Waals surface area contributed by atoms with Crippen LogP contribution in [0.4, 0.5) is 11.5 Å². The van der Waals surface area contributed by atoms with E-state index in [9.17, 15) is 0 Å². The first-order valence-electron chi connectivity index (χ1n) is 10.3. The molecule has 7 heteroatoms. The minimum atomic E-state index is 0. The normalized spacial score (nSPS) is 17.6. The SMILES string of the molecule is I.c1ccc(NC(=NCc2cccc(N3CCOCC3)n2)N2CCCCC2)cc1. The molecule has 29 heavy (non-hydrogen) atoms. The Morgan fingerprint density at radius 2 is 1.69 bits per heavy atom. The topological polar surface area (TPSA) is 53.0 Å². The van der Waals surface area contributed by atoms with Crippen LogP contribution in [0.3, 0.4) is 0 Å². The van der Waals surface area contributed by atoms with Crippen LogP contribution in [0.15, 0.2) is 53.5 Å². The van der Waals surface area contributed by atoms with Crippen LogP contribution in [-0.2, 0) is 11.3 Å². The Bertz CT molecular complexity index is 774. The summed E-state index contributed by atoms with van der Waals surface area (Å²) in [5, 5.41) is 3.52. The molecule has 1 aromatic carbocycles. The molecule has 156 valence electrons. The van der Waals surface area contributed by atoms with Gasteiger partial charge in [0.15, 0.2) is 5.96 Å². The van der Waals surface area contributed by atoms with Crippen molar-refractivity contribution in [3.05, 3.63) is 54.2 Å². The first-order chi connectivity index (χ1) is 13.9. The first kappa shape index (κ1) is 21.8. The molecule has 0 aliphatic carbocycles. The van der Waals surface area contributed by atoms with Crippen molar-refractivity contribution in [3.8, 4) is 0 Å². The van der Waals surface area contributed by atoms with Gasteiger partial charge in [-0.3, -0.25) is 0 Å². The van der Waals surface area contributed by atoms with E-state index in [1.807, 2.05) is 18.2 Å². The third kappa shape index (κ3) is 6.30. The van der Waals surface area contributed by atoms with Crippen LogP contribution in [0.25, 0.3) is 0 Å². The van der Waals surface area contributed by atoms with Crippen LogP contribution < -0.4 is 10.2 Å². The average molecular weight is 507 g/mol. The number of halogens is 1. The van der Waals surface area contributed by atoms with Gasteiger partial charge in [0.05, 0.1) is 25.5 Å². The number of hydrogen-bond donors (Lipinski definition) is 1. The highest BCUT2D eigenvalue weighted by atomic mass is 127. The number of benzene rings is 1. The van der Waals surface area contributed by atoms with Crippen molar-refractivity contribution in [1.82, 2.24) is 9.88 Å². The maximum atomic E-state index is 5.45. The highest BCUT2D eigenvalue weighted by Gasteiger charge is 2.16. The van der Waals surface area contributed by atoms with Crippen LogP contribution in [0.5, 0.6) is 0 Å². The third-order valence-electron chi connectivity index (χ3n) is 5.20. The minimum absolute atomic E-state index is 0. The number of anilines is 2. The van der Waals surface area contributed by atoms with Crippen molar-refractivity contribution in [2.45, 2.75) is 25.8 Å². The summed E-state index contributed by atoms with van der Waals surface area (Å²) in [5.41, 5.74) is 2.07. The van der Waals surface area contributed by atoms with Crippen molar-refractivity contribution >= 4 is 41.4 Å². The second-order valence-corrected chi connectivity index (χ2v) is 7.27. The highest BCUT2D eigenvalue weighted by molar-refractivity contribution is 14.0. The van der Waals surface area contributed by atoms with E-state index in [4.69, 9.17) is 14.7 Å². The van der Waals surface area contributed by atoms with Gasteiger partial charge in [-0.1, -0.05) is 24.3 Å². The summed E-state index contributed by atoms with van der Waals surface area (Å²) in [6.07, 6.45) is 3.75. The van der Waals surface area contributed by atoms with Crippen LogP contribution in [0.1, 0.15) is 25.0 Å². The van der Waals surface area contributed by atoms with Crippen LogP contribution >= 0.6 is 24.0 Å². The molecule has 0 radical (unpaired) electrons. The van der Waals surface area contributed by atoms with E-state index in [0.717, 1.165) is 62.6 Å². The van der Waals surface area contributed by atoms with Crippen LogP contribution in [0.2, 0.25) is 0 Å². The summed E-state index contributed by atoms with van der Waals surface area (Å²) in [7, 11) is 0. The zero-order valence-electron chi connectivity index (χ0n) is 16.8. The summed E-state index contributed by atoms with van der Waals surface area (Å²) in [4.78, 5) is 14.4. The van der Waals surface area contributed by atoms with E-state index >= 15 is 0 Å². The van der Waals surface area contributed by atoms with Gasteiger partial charge < -0.3 is 19.9 Å². The zero-order valence-corrected chi connectivity index (χ0v) is 19.1. The van der Waals surface area contributed by atoms with Crippen molar-refractivity contribution in [3.63, 3.8) is 0 Å². The summed E-state index contributed by atoms with van der Waals surface area (Å²) in [6, 6.07) is 16.5. The molecule has 0 bridgehead atoms. The van der Waals surface area contributed by atoms with Gasteiger partial charge in [-0.15, -0.1) is 24.0 Å². The average Bonchev–Trinajstić information content (AvgIpc) is 2.79. The number of aliphatic imine (C=N–C) groups is 1. The molecule has 0 unspecified atom stereocenters. The van der Waals surface area contributed by atoms with Crippen LogP contribution in [-0.4, -0.2) is 55.2 Å². The summed E-state index contributed by atoms with van der Waals surface area (Å²) >= 11 is 0. The molecular formula is C22H30IN5O. The monoisotopic (exact) mass is 507 g/mol. The Morgan fingerprint density at radius 1 is 0.931 bits per heavy atom. The fourth-order valence-electron chi connectivity index (χ4n) is 3.65. The third-order valence-corrected chi connectivity index (χ3v) is 5.20. The largest absolute Gasteiger partial charge is 0.378 e. The Morgan fingerprint density at radius 3 is 2.45 bits per heavy atom. The molecule has 2 aliphatic rings.